The SMILES string of the molecule is CCC1CCC1NC1CCCC1O. The Kier molecular flexibility index (Phi) is 2.89. The predicted octanol–water partition coefficient (Wildman–Crippen LogP) is 1.68. The molecule has 0 aliphatic heterocycles. The Balaban J connectivity index is 1.77. The van der Waals surface area contributed by atoms with Crippen LogP contribution >= 0.6 is 0 Å². The van der Waals surface area contributed by atoms with Gasteiger partial charge in [0.1, 0.15) is 0 Å². The Morgan fingerprint density at radius 2 is 2.00 bits per heavy atom. The van der Waals surface area contributed by atoms with Crippen molar-refractivity contribution in [1.29, 1.82) is 0 Å². The fourth-order valence-electron chi connectivity index (χ4n) is 2.69. The van der Waals surface area contributed by atoms with Crippen LogP contribution in [0.4, 0.5) is 0 Å². The lowest BCUT2D eigenvalue weighted by atomic mass is 9.77. The smallest absolute Gasteiger partial charge is 0.0693 e. The third kappa shape index (κ3) is 1.89. The van der Waals surface area contributed by atoms with Crippen molar-refractivity contribution in [3.63, 3.8) is 0 Å². The second-order valence-corrected chi connectivity index (χ2v) is 4.62. The third-order valence-electron chi connectivity index (χ3n) is 3.85. The number of aliphatic hydroxyl groups is 1. The van der Waals surface area contributed by atoms with Gasteiger partial charge >= 0.3 is 0 Å². The fraction of sp³-hybridized carbons (Fsp3) is 1.00. The van der Waals surface area contributed by atoms with E-state index in [1.54, 1.807) is 0 Å². The zero-order chi connectivity index (χ0) is 9.26. The molecule has 2 aliphatic carbocycles. The van der Waals surface area contributed by atoms with Gasteiger partial charge in [0.25, 0.3) is 0 Å². The van der Waals surface area contributed by atoms with Crippen LogP contribution in [-0.4, -0.2) is 23.3 Å². The van der Waals surface area contributed by atoms with Crippen LogP contribution < -0.4 is 5.32 Å². The maximum atomic E-state index is 9.65. The van der Waals surface area contributed by atoms with Crippen molar-refractivity contribution >= 4 is 0 Å². The molecule has 2 fully saturated rings. The molecule has 0 amide bonds. The van der Waals surface area contributed by atoms with Crippen molar-refractivity contribution in [1.82, 2.24) is 5.32 Å². The topological polar surface area (TPSA) is 32.3 Å². The van der Waals surface area contributed by atoms with E-state index < -0.39 is 0 Å². The van der Waals surface area contributed by atoms with Crippen molar-refractivity contribution < 1.29 is 5.11 Å². The lowest BCUT2D eigenvalue weighted by Crippen LogP contribution is -2.50. The van der Waals surface area contributed by atoms with Crippen LogP contribution in [0.15, 0.2) is 0 Å². The maximum absolute atomic E-state index is 9.65. The molecule has 4 unspecified atom stereocenters. The molecule has 4 atom stereocenters. The van der Waals surface area contributed by atoms with E-state index in [0.29, 0.717) is 12.1 Å². The molecule has 0 radical (unpaired) electrons. The Hall–Kier alpha value is -0.0800. The van der Waals surface area contributed by atoms with Crippen LogP contribution in [-0.2, 0) is 0 Å². The van der Waals surface area contributed by atoms with E-state index in [1.165, 1.54) is 32.1 Å². The quantitative estimate of drug-likeness (QED) is 0.697. The molecule has 2 nitrogen and oxygen atoms in total. The Labute approximate surface area is 80.7 Å². The monoisotopic (exact) mass is 183 g/mol. The molecule has 0 aromatic carbocycles. The number of hydrogen-bond acceptors (Lipinski definition) is 2. The van der Waals surface area contributed by atoms with E-state index in [9.17, 15) is 5.11 Å². The zero-order valence-electron chi connectivity index (χ0n) is 8.50. The highest BCUT2D eigenvalue weighted by Crippen LogP contribution is 2.32. The maximum Gasteiger partial charge on any atom is 0.0693 e. The Bertz CT molecular complexity index is 169. The van der Waals surface area contributed by atoms with E-state index in [4.69, 9.17) is 0 Å². The fourth-order valence-corrected chi connectivity index (χ4v) is 2.69. The molecule has 0 aromatic rings. The first-order chi connectivity index (χ1) is 6.31. The first-order valence-corrected chi connectivity index (χ1v) is 5.75. The summed E-state index contributed by atoms with van der Waals surface area (Å²) in [6.45, 7) is 2.27. The molecule has 0 saturated heterocycles. The van der Waals surface area contributed by atoms with Crippen molar-refractivity contribution in [3.8, 4) is 0 Å². The molecule has 2 rings (SSSR count). The summed E-state index contributed by atoms with van der Waals surface area (Å²) in [5.41, 5.74) is 0. The van der Waals surface area contributed by atoms with Gasteiger partial charge in [0, 0.05) is 12.1 Å². The van der Waals surface area contributed by atoms with E-state index in [2.05, 4.69) is 12.2 Å². The minimum atomic E-state index is -0.0712. The summed E-state index contributed by atoms with van der Waals surface area (Å²) in [5.74, 6) is 0.882. The van der Waals surface area contributed by atoms with Crippen LogP contribution in [0, 0.1) is 5.92 Å². The van der Waals surface area contributed by atoms with Crippen LogP contribution in [0.1, 0.15) is 45.4 Å². The standard InChI is InChI=1S/C11H21NO/c1-2-8-6-7-9(8)12-10-4-3-5-11(10)13/h8-13H,2-7H2,1H3. The van der Waals surface area contributed by atoms with Gasteiger partial charge in [-0.2, -0.15) is 0 Å². The minimum Gasteiger partial charge on any atom is -0.392 e. The molecule has 0 bridgehead atoms. The molecule has 0 aromatic heterocycles. The predicted molar refractivity (Wildman–Crippen MR) is 53.6 cm³/mol. The van der Waals surface area contributed by atoms with Crippen molar-refractivity contribution in [2.24, 2.45) is 5.92 Å². The van der Waals surface area contributed by atoms with Crippen molar-refractivity contribution in [2.45, 2.75) is 63.6 Å². The number of hydrogen-bond donors (Lipinski definition) is 2. The molecule has 2 aliphatic rings. The summed E-state index contributed by atoms with van der Waals surface area (Å²) in [7, 11) is 0. The Morgan fingerprint density at radius 1 is 1.15 bits per heavy atom. The lowest BCUT2D eigenvalue weighted by Gasteiger charge is -2.39. The van der Waals surface area contributed by atoms with Gasteiger partial charge in [-0.05, 0) is 38.0 Å². The van der Waals surface area contributed by atoms with Crippen LogP contribution in [0.25, 0.3) is 0 Å². The Morgan fingerprint density at radius 3 is 2.46 bits per heavy atom. The molecular weight excluding hydrogens is 162 g/mol. The average molecular weight is 183 g/mol. The van der Waals surface area contributed by atoms with Crippen LogP contribution in [0.3, 0.4) is 0 Å². The normalized spacial score (nSPS) is 44.8. The number of nitrogens with one attached hydrogen (secondary N) is 1. The number of rotatable bonds is 3. The van der Waals surface area contributed by atoms with Gasteiger partial charge in [-0.25, -0.2) is 0 Å². The summed E-state index contributed by atoms with van der Waals surface area (Å²) >= 11 is 0. The van der Waals surface area contributed by atoms with Crippen LogP contribution in [0.2, 0.25) is 0 Å². The second-order valence-electron chi connectivity index (χ2n) is 4.62. The van der Waals surface area contributed by atoms with Gasteiger partial charge in [0.2, 0.25) is 0 Å². The van der Waals surface area contributed by atoms with Gasteiger partial charge in [-0.15, -0.1) is 0 Å². The molecule has 2 heteroatoms. The molecule has 2 saturated carbocycles. The highest BCUT2D eigenvalue weighted by Gasteiger charge is 2.34. The summed E-state index contributed by atoms with van der Waals surface area (Å²) < 4.78 is 0. The minimum absolute atomic E-state index is 0.0712. The molecule has 2 N–H and O–H groups in total. The van der Waals surface area contributed by atoms with E-state index in [-0.39, 0.29) is 6.10 Å². The molecule has 0 heterocycles. The summed E-state index contributed by atoms with van der Waals surface area (Å²) in [4.78, 5) is 0. The highest BCUT2D eigenvalue weighted by molar-refractivity contribution is 4.92. The van der Waals surface area contributed by atoms with E-state index in [0.717, 1.165) is 12.3 Å². The van der Waals surface area contributed by atoms with E-state index in [1.807, 2.05) is 0 Å². The van der Waals surface area contributed by atoms with Crippen LogP contribution in [0.5, 0.6) is 0 Å². The molecule has 0 spiro atoms. The van der Waals surface area contributed by atoms with E-state index >= 15 is 0 Å². The first kappa shape index (κ1) is 9.47. The second kappa shape index (κ2) is 3.97. The number of aliphatic hydroxyl groups excluding tert-OH is 1. The van der Waals surface area contributed by atoms with Gasteiger partial charge in [0.15, 0.2) is 0 Å². The third-order valence-corrected chi connectivity index (χ3v) is 3.85. The lowest BCUT2D eigenvalue weighted by molar-refractivity contribution is 0.111. The molecule has 13 heavy (non-hydrogen) atoms. The summed E-state index contributed by atoms with van der Waals surface area (Å²) in [5, 5.41) is 13.3. The van der Waals surface area contributed by atoms with Gasteiger partial charge in [-0.3, -0.25) is 0 Å². The van der Waals surface area contributed by atoms with Crippen molar-refractivity contribution in [3.05, 3.63) is 0 Å². The molecule has 76 valence electrons. The van der Waals surface area contributed by atoms with Gasteiger partial charge < -0.3 is 10.4 Å². The highest BCUT2D eigenvalue weighted by atomic mass is 16.3. The van der Waals surface area contributed by atoms with Crippen molar-refractivity contribution in [2.75, 3.05) is 0 Å². The zero-order valence-corrected chi connectivity index (χ0v) is 8.50. The molecular formula is C11H21NO. The largest absolute Gasteiger partial charge is 0.392 e. The summed E-state index contributed by atoms with van der Waals surface area (Å²) in [6, 6.07) is 1.11. The van der Waals surface area contributed by atoms with Gasteiger partial charge in [0.05, 0.1) is 6.10 Å². The first-order valence-electron chi connectivity index (χ1n) is 5.75. The average Bonchev–Trinajstić information content (AvgIpc) is 2.46. The van der Waals surface area contributed by atoms with Gasteiger partial charge in [-0.1, -0.05) is 13.3 Å². The summed E-state index contributed by atoms with van der Waals surface area (Å²) in [6.07, 6.45) is 7.30.